The molecule has 64 valence electrons. The molecule has 11 heavy (non-hydrogen) atoms. The fraction of sp³-hybridized carbons (Fsp3) is 0.818. The van der Waals surface area contributed by atoms with Crippen molar-refractivity contribution in [2.45, 2.75) is 40.5 Å². The van der Waals surface area contributed by atoms with E-state index in [4.69, 9.17) is 0 Å². The van der Waals surface area contributed by atoms with Gasteiger partial charge in [-0.15, -0.1) is 0 Å². The third-order valence-electron chi connectivity index (χ3n) is 3.25. The molecular weight excluding hydrogens is 132 g/mol. The Bertz CT molecular complexity index is 145. The second kappa shape index (κ2) is 3.42. The van der Waals surface area contributed by atoms with Crippen molar-refractivity contribution < 1.29 is 0 Å². The average molecular weight is 152 g/mol. The molecule has 0 aliphatic heterocycles. The first-order chi connectivity index (χ1) is 5.15. The molecule has 0 heterocycles. The molecule has 1 saturated carbocycles. The molecule has 1 rings (SSSR count). The van der Waals surface area contributed by atoms with Crippen molar-refractivity contribution >= 4 is 0 Å². The highest BCUT2D eigenvalue weighted by Gasteiger charge is 2.28. The molecule has 1 aliphatic rings. The molecule has 0 amide bonds. The van der Waals surface area contributed by atoms with E-state index in [-0.39, 0.29) is 0 Å². The van der Waals surface area contributed by atoms with Gasteiger partial charge in [-0.05, 0) is 37.5 Å². The van der Waals surface area contributed by atoms with Crippen molar-refractivity contribution in [3.63, 3.8) is 0 Å². The van der Waals surface area contributed by atoms with E-state index in [0.717, 1.165) is 17.8 Å². The van der Waals surface area contributed by atoms with E-state index in [9.17, 15) is 0 Å². The summed E-state index contributed by atoms with van der Waals surface area (Å²) in [7, 11) is 0. The van der Waals surface area contributed by atoms with Crippen molar-refractivity contribution in [3.8, 4) is 0 Å². The van der Waals surface area contributed by atoms with Crippen LogP contribution >= 0.6 is 0 Å². The van der Waals surface area contributed by atoms with Crippen LogP contribution in [0.2, 0.25) is 0 Å². The molecule has 0 aromatic carbocycles. The molecule has 0 bridgehead atoms. The summed E-state index contributed by atoms with van der Waals surface area (Å²) in [5.74, 6) is 2.76. The van der Waals surface area contributed by atoms with Gasteiger partial charge in [0.25, 0.3) is 0 Å². The fourth-order valence-electron chi connectivity index (χ4n) is 1.77. The fourth-order valence-corrected chi connectivity index (χ4v) is 1.77. The quantitative estimate of drug-likeness (QED) is 0.530. The van der Waals surface area contributed by atoms with Crippen LogP contribution in [0, 0.1) is 17.8 Å². The van der Waals surface area contributed by atoms with E-state index in [1.807, 2.05) is 0 Å². The third-order valence-corrected chi connectivity index (χ3v) is 3.25. The smallest absolute Gasteiger partial charge is 0.0286 e. The van der Waals surface area contributed by atoms with Crippen LogP contribution in [0.3, 0.4) is 0 Å². The molecule has 1 aliphatic carbocycles. The van der Waals surface area contributed by atoms with Crippen molar-refractivity contribution in [2.24, 2.45) is 17.8 Å². The Morgan fingerprint density at radius 1 is 1.27 bits per heavy atom. The van der Waals surface area contributed by atoms with E-state index in [0.29, 0.717) is 0 Å². The Hall–Kier alpha value is -0.260. The van der Waals surface area contributed by atoms with Crippen molar-refractivity contribution in [3.05, 3.63) is 11.6 Å². The number of hydrogen-bond acceptors (Lipinski definition) is 0. The highest BCUT2D eigenvalue weighted by molar-refractivity contribution is 5.12. The van der Waals surface area contributed by atoms with Crippen LogP contribution in [0.15, 0.2) is 11.6 Å². The van der Waals surface area contributed by atoms with Crippen LogP contribution in [-0.4, -0.2) is 0 Å². The predicted molar refractivity (Wildman–Crippen MR) is 50.5 cm³/mol. The minimum atomic E-state index is 0.860. The summed E-state index contributed by atoms with van der Waals surface area (Å²) in [5.41, 5.74) is 1.67. The van der Waals surface area contributed by atoms with Crippen LogP contribution in [0.25, 0.3) is 0 Å². The van der Waals surface area contributed by atoms with Gasteiger partial charge < -0.3 is 0 Å². The predicted octanol–water partition coefficient (Wildman–Crippen LogP) is 3.63. The molecule has 1 unspecified atom stereocenters. The highest BCUT2D eigenvalue weighted by Crippen LogP contribution is 2.40. The van der Waals surface area contributed by atoms with Gasteiger partial charge in [0.1, 0.15) is 0 Å². The Kier molecular flexibility index (Phi) is 2.75. The number of allylic oxidation sites excluding steroid dienone is 2. The van der Waals surface area contributed by atoms with E-state index in [1.165, 1.54) is 12.8 Å². The molecule has 0 radical (unpaired) electrons. The Labute approximate surface area is 70.7 Å². The molecular formula is C11H20. The number of hydrogen-bond donors (Lipinski definition) is 0. The van der Waals surface area contributed by atoms with E-state index < -0.39 is 0 Å². The third kappa shape index (κ3) is 1.85. The first-order valence-corrected chi connectivity index (χ1v) is 4.79. The lowest BCUT2D eigenvalue weighted by Crippen LogP contribution is -2.25. The van der Waals surface area contributed by atoms with E-state index >= 15 is 0 Å². The maximum Gasteiger partial charge on any atom is -0.0286 e. The standard InChI is InChI=1S/C11H20/c1-5-10-6-11(7-10)9(4)8(2)3/h5,8-9,11H,6-7H2,1-4H3. The topological polar surface area (TPSA) is 0 Å². The first-order valence-electron chi connectivity index (χ1n) is 4.79. The summed E-state index contributed by atoms with van der Waals surface area (Å²) in [6.45, 7) is 9.21. The molecule has 0 aromatic rings. The summed E-state index contributed by atoms with van der Waals surface area (Å²) in [4.78, 5) is 0. The van der Waals surface area contributed by atoms with Gasteiger partial charge in [-0.25, -0.2) is 0 Å². The molecule has 0 N–H and O–H groups in total. The van der Waals surface area contributed by atoms with Crippen LogP contribution in [-0.2, 0) is 0 Å². The van der Waals surface area contributed by atoms with Crippen molar-refractivity contribution in [1.29, 1.82) is 0 Å². The lowest BCUT2D eigenvalue weighted by Gasteiger charge is -2.36. The second-order valence-corrected chi connectivity index (χ2v) is 4.22. The maximum atomic E-state index is 2.39. The lowest BCUT2D eigenvalue weighted by atomic mass is 9.69. The summed E-state index contributed by atoms with van der Waals surface area (Å²) in [6.07, 6.45) is 5.02. The van der Waals surface area contributed by atoms with Gasteiger partial charge in [-0.3, -0.25) is 0 Å². The van der Waals surface area contributed by atoms with E-state index in [2.05, 4.69) is 33.8 Å². The minimum absolute atomic E-state index is 0.860. The van der Waals surface area contributed by atoms with Crippen molar-refractivity contribution in [1.82, 2.24) is 0 Å². The molecule has 1 atom stereocenters. The summed E-state index contributed by atoms with van der Waals surface area (Å²) in [5, 5.41) is 0. The molecule has 0 heteroatoms. The zero-order valence-electron chi connectivity index (χ0n) is 8.22. The Balaban J connectivity index is 2.32. The van der Waals surface area contributed by atoms with Gasteiger partial charge in [0, 0.05) is 0 Å². The van der Waals surface area contributed by atoms with Gasteiger partial charge in [-0.2, -0.15) is 0 Å². The summed E-state index contributed by atoms with van der Waals surface area (Å²) < 4.78 is 0. The highest BCUT2D eigenvalue weighted by atomic mass is 14.3. The van der Waals surface area contributed by atoms with Crippen LogP contribution < -0.4 is 0 Å². The van der Waals surface area contributed by atoms with Gasteiger partial charge >= 0.3 is 0 Å². The summed E-state index contributed by atoms with van der Waals surface area (Å²) >= 11 is 0. The molecule has 0 spiro atoms. The lowest BCUT2D eigenvalue weighted by molar-refractivity contribution is 0.227. The van der Waals surface area contributed by atoms with Gasteiger partial charge in [0.05, 0.1) is 0 Å². The van der Waals surface area contributed by atoms with Gasteiger partial charge in [-0.1, -0.05) is 32.4 Å². The van der Waals surface area contributed by atoms with E-state index in [1.54, 1.807) is 5.57 Å². The molecule has 0 saturated heterocycles. The summed E-state index contributed by atoms with van der Waals surface area (Å²) in [6, 6.07) is 0. The molecule has 0 aromatic heterocycles. The molecule has 0 nitrogen and oxygen atoms in total. The van der Waals surface area contributed by atoms with Crippen LogP contribution in [0.4, 0.5) is 0 Å². The first kappa shape index (κ1) is 8.83. The van der Waals surface area contributed by atoms with Crippen LogP contribution in [0.1, 0.15) is 40.5 Å². The Morgan fingerprint density at radius 3 is 2.18 bits per heavy atom. The molecule has 1 fully saturated rings. The SMILES string of the molecule is CC=C1CC(C(C)C(C)C)C1. The second-order valence-electron chi connectivity index (χ2n) is 4.22. The maximum absolute atomic E-state index is 2.39. The van der Waals surface area contributed by atoms with Crippen LogP contribution in [0.5, 0.6) is 0 Å². The van der Waals surface area contributed by atoms with Crippen molar-refractivity contribution in [2.75, 3.05) is 0 Å². The number of rotatable bonds is 2. The minimum Gasteiger partial charge on any atom is -0.0884 e. The average Bonchev–Trinajstić information content (AvgIpc) is 1.85. The Morgan fingerprint density at radius 2 is 1.82 bits per heavy atom. The normalized spacial score (nSPS) is 26.6. The zero-order valence-corrected chi connectivity index (χ0v) is 8.22. The zero-order chi connectivity index (χ0) is 8.43. The largest absolute Gasteiger partial charge is 0.0884 e. The van der Waals surface area contributed by atoms with Gasteiger partial charge in [0.15, 0.2) is 0 Å². The monoisotopic (exact) mass is 152 g/mol. The van der Waals surface area contributed by atoms with Gasteiger partial charge in [0.2, 0.25) is 0 Å².